The number of hydrogen-bond acceptors (Lipinski definition) is 3. The summed E-state index contributed by atoms with van der Waals surface area (Å²) in [6.45, 7) is 0.686. The Bertz CT molecular complexity index is 552. The van der Waals surface area contributed by atoms with Crippen LogP contribution in [0.15, 0.2) is 52.0 Å². The fourth-order valence-electron chi connectivity index (χ4n) is 1.70. The highest BCUT2D eigenvalue weighted by atomic mass is 32.1. The lowest BCUT2D eigenvalue weighted by molar-refractivity contribution is 0.974. The second kappa shape index (κ2) is 4.02. The summed E-state index contributed by atoms with van der Waals surface area (Å²) in [5.74, 6) is 0. The molecule has 0 bridgehead atoms. The first kappa shape index (κ1) is 9.48. The smallest absolute Gasteiger partial charge is 0.0939 e. The molecule has 0 fully saturated rings. The zero-order chi connectivity index (χ0) is 10.8. The van der Waals surface area contributed by atoms with Crippen molar-refractivity contribution in [2.75, 3.05) is 0 Å². The highest BCUT2D eigenvalue weighted by molar-refractivity contribution is 7.11. The zero-order valence-electron chi connectivity index (χ0n) is 8.63. The van der Waals surface area contributed by atoms with Crippen LogP contribution in [0.5, 0.6) is 0 Å². The van der Waals surface area contributed by atoms with Crippen molar-refractivity contribution in [3.63, 3.8) is 0 Å². The Morgan fingerprint density at radius 3 is 2.81 bits per heavy atom. The van der Waals surface area contributed by atoms with Gasteiger partial charge >= 0.3 is 0 Å². The number of hydrogen-bond donors (Lipinski definition) is 0. The largest absolute Gasteiger partial charge is 0.184 e. The van der Waals surface area contributed by atoms with Gasteiger partial charge in [-0.15, -0.1) is 11.3 Å². The maximum absolute atomic E-state index is 4.27. The normalized spacial score (nSPS) is 14.1. The van der Waals surface area contributed by atoms with Crippen molar-refractivity contribution in [1.29, 1.82) is 0 Å². The number of fused-ring (bicyclic) bond motifs is 1. The third-order valence-electron chi connectivity index (χ3n) is 2.54. The van der Waals surface area contributed by atoms with Gasteiger partial charge in [0.05, 0.1) is 12.2 Å². The molecule has 78 valence electrons. The molecule has 2 aromatic rings. The summed E-state index contributed by atoms with van der Waals surface area (Å²) in [7, 11) is 0. The summed E-state index contributed by atoms with van der Waals surface area (Å²) in [6, 6.07) is 12.3. The van der Waals surface area contributed by atoms with E-state index in [1.54, 1.807) is 11.3 Å². The summed E-state index contributed by atoms with van der Waals surface area (Å²) in [5, 5.41) is 10.6. The molecular weight excluding hydrogens is 216 g/mol. The van der Waals surface area contributed by atoms with Crippen LogP contribution in [0.25, 0.3) is 11.8 Å². The van der Waals surface area contributed by atoms with Crippen molar-refractivity contribution in [3.05, 3.63) is 57.8 Å². The molecule has 0 radical (unpaired) electrons. The molecule has 0 N–H and O–H groups in total. The Kier molecular flexibility index (Phi) is 2.38. The van der Waals surface area contributed by atoms with Crippen molar-refractivity contribution >= 4 is 23.1 Å². The van der Waals surface area contributed by atoms with Gasteiger partial charge in [-0.25, -0.2) is 0 Å². The van der Waals surface area contributed by atoms with Crippen molar-refractivity contribution in [2.45, 2.75) is 6.54 Å². The van der Waals surface area contributed by atoms with Crippen LogP contribution in [-0.4, -0.2) is 0 Å². The van der Waals surface area contributed by atoms with Crippen molar-refractivity contribution in [2.24, 2.45) is 10.2 Å². The third-order valence-corrected chi connectivity index (χ3v) is 3.44. The van der Waals surface area contributed by atoms with Crippen LogP contribution < -0.4 is 0 Å². The topological polar surface area (TPSA) is 24.7 Å². The molecule has 1 aliphatic heterocycles. The van der Waals surface area contributed by atoms with E-state index < -0.39 is 0 Å². The van der Waals surface area contributed by atoms with Crippen molar-refractivity contribution in [1.82, 2.24) is 0 Å². The average molecular weight is 226 g/mol. The lowest BCUT2D eigenvalue weighted by Crippen LogP contribution is -1.78. The minimum Gasteiger partial charge on any atom is -0.184 e. The van der Waals surface area contributed by atoms with Crippen LogP contribution in [0.2, 0.25) is 0 Å². The summed E-state index contributed by atoms with van der Waals surface area (Å²) in [6.07, 6.45) is 2.12. The molecule has 1 aromatic heterocycles. The Morgan fingerprint density at radius 1 is 1.06 bits per heavy atom. The Morgan fingerprint density at radius 2 is 1.94 bits per heavy atom. The number of azo groups is 1. The van der Waals surface area contributed by atoms with Gasteiger partial charge in [-0.05, 0) is 23.1 Å². The minimum atomic E-state index is 0.686. The van der Waals surface area contributed by atoms with E-state index in [-0.39, 0.29) is 0 Å². The van der Waals surface area contributed by atoms with E-state index in [2.05, 4.69) is 39.9 Å². The first-order chi connectivity index (χ1) is 7.93. The van der Waals surface area contributed by atoms with Gasteiger partial charge in [0.2, 0.25) is 0 Å². The number of benzene rings is 1. The average Bonchev–Trinajstić information content (AvgIpc) is 2.68. The summed E-state index contributed by atoms with van der Waals surface area (Å²) >= 11 is 1.74. The summed E-state index contributed by atoms with van der Waals surface area (Å²) < 4.78 is 0. The predicted molar refractivity (Wildman–Crippen MR) is 67.2 cm³/mol. The van der Waals surface area contributed by atoms with Gasteiger partial charge in [0.15, 0.2) is 0 Å². The fraction of sp³-hybridized carbons (Fsp3) is 0.0769. The molecule has 0 amide bonds. The molecule has 0 aliphatic carbocycles. The number of thiophene rings is 1. The van der Waals surface area contributed by atoms with E-state index in [1.807, 2.05) is 18.2 Å². The Balaban J connectivity index is 2.09. The van der Waals surface area contributed by atoms with Gasteiger partial charge in [0, 0.05) is 10.4 Å². The van der Waals surface area contributed by atoms with E-state index in [9.17, 15) is 0 Å². The quantitative estimate of drug-likeness (QED) is 0.695. The Hall–Kier alpha value is -1.74. The second-order valence-corrected chi connectivity index (χ2v) is 4.55. The first-order valence-electron chi connectivity index (χ1n) is 5.14. The maximum Gasteiger partial charge on any atom is 0.0939 e. The van der Waals surface area contributed by atoms with Crippen LogP contribution >= 0.6 is 11.3 Å². The predicted octanol–water partition coefficient (Wildman–Crippen LogP) is 4.21. The molecule has 3 heteroatoms. The molecule has 0 saturated heterocycles. The highest BCUT2D eigenvalue weighted by Crippen LogP contribution is 2.28. The Labute approximate surface area is 98.0 Å². The molecule has 0 spiro atoms. The van der Waals surface area contributed by atoms with Gasteiger partial charge in [-0.2, -0.15) is 10.2 Å². The van der Waals surface area contributed by atoms with Crippen molar-refractivity contribution < 1.29 is 0 Å². The van der Waals surface area contributed by atoms with Crippen LogP contribution in [0.1, 0.15) is 16.0 Å². The molecule has 2 nitrogen and oxygen atoms in total. The van der Waals surface area contributed by atoms with Crippen LogP contribution in [0.4, 0.5) is 0 Å². The molecule has 1 aliphatic rings. The monoisotopic (exact) mass is 226 g/mol. The molecule has 0 unspecified atom stereocenters. The van der Waals surface area contributed by atoms with Crippen LogP contribution in [0, 0.1) is 0 Å². The van der Waals surface area contributed by atoms with Gasteiger partial charge in [-0.3, -0.25) is 0 Å². The molecule has 2 heterocycles. The van der Waals surface area contributed by atoms with E-state index in [0.29, 0.717) is 6.54 Å². The lowest BCUT2D eigenvalue weighted by atomic mass is 10.1. The van der Waals surface area contributed by atoms with E-state index >= 15 is 0 Å². The lowest BCUT2D eigenvalue weighted by Gasteiger charge is -1.98. The maximum atomic E-state index is 4.27. The standard InChI is InChI=1S/C13H10N2S/c1-2-4-10(5-3-1)12-8-13-11(6-7-16-13)9-14-15-12/h1-8H,9H2. The van der Waals surface area contributed by atoms with Crippen molar-refractivity contribution in [3.8, 4) is 0 Å². The molecule has 0 saturated carbocycles. The molecule has 0 atom stereocenters. The highest BCUT2D eigenvalue weighted by Gasteiger charge is 2.08. The summed E-state index contributed by atoms with van der Waals surface area (Å²) in [5.41, 5.74) is 3.33. The summed E-state index contributed by atoms with van der Waals surface area (Å²) in [4.78, 5) is 1.27. The van der Waals surface area contributed by atoms with Gasteiger partial charge in [0.1, 0.15) is 0 Å². The van der Waals surface area contributed by atoms with Gasteiger partial charge in [-0.1, -0.05) is 30.3 Å². The molecular formula is C13H10N2S. The second-order valence-electron chi connectivity index (χ2n) is 3.61. The van der Waals surface area contributed by atoms with E-state index in [1.165, 1.54) is 10.4 Å². The zero-order valence-corrected chi connectivity index (χ0v) is 9.45. The number of rotatable bonds is 1. The minimum absolute atomic E-state index is 0.686. The van der Waals surface area contributed by atoms with Crippen LogP contribution in [-0.2, 0) is 6.54 Å². The molecule has 3 rings (SSSR count). The van der Waals surface area contributed by atoms with E-state index in [4.69, 9.17) is 0 Å². The third kappa shape index (κ3) is 1.70. The SMILES string of the molecule is C1=C(c2ccccc2)N=NCc2ccsc21. The molecule has 1 aromatic carbocycles. The van der Waals surface area contributed by atoms with Crippen LogP contribution in [0.3, 0.4) is 0 Å². The van der Waals surface area contributed by atoms with Gasteiger partial charge in [0.25, 0.3) is 0 Å². The first-order valence-corrected chi connectivity index (χ1v) is 6.02. The fourth-order valence-corrected chi connectivity index (χ4v) is 2.54. The molecule has 16 heavy (non-hydrogen) atoms. The van der Waals surface area contributed by atoms with Gasteiger partial charge < -0.3 is 0 Å². The van der Waals surface area contributed by atoms with E-state index in [0.717, 1.165) is 11.3 Å². The number of nitrogens with zero attached hydrogens (tertiary/aromatic N) is 2.